The first kappa shape index (κ1) is 18.4. The maximum absolute atomic E-state index is 12.0. The second kappa shape index (κ2) is 11.0. The average Bonchev–Trinajstić information content (AvgIpc) is 2.44. The molecule has 1 aliphatic rings. The first-order valence-electron chi connectivity index (χ1n) is 7.86. The number of carbonyl (C=O) groups excluding carboxylic acids is 1. The Bertz CT molecular complexity index is 289. The third-order valence-electron chi connectivity index (χ3n) is 3.71. The first-order valence-corrected chi connectivity index (χ1v) is 7.86. The van der Waals surface area contributed by atoms with Gasteiger partial charge in [-0.25, -0.2) is 0 Å². The predicted molar refractivity (Wildman–Crippen MR) is 83.4 cm³/mol. The highest BCUT2D eigenvalue weighted by Crippen LogP contribution is 2.15. The largest absolute Gasteiger partial charge is 0.383 e. The van der Waals surface area contributed by atoms with Gasteiger partial charge in [-0.1, -0.05) is 0 Å². The molecule has 2 unspecified atom stereocenters. The summed E-state index contributed by atoms with van der Waals surface area (Å²) >= 11 is 0. The van der Waals surface area contributed by atoms with Crippen molar-refractivity contribution in [1.82, 2.24) is 15.5 Å². The van der Waals surface area contributed by atoms with E-state index >= 15 is 0 Å². The van der Waals surface area contributed by atoms with Crippen molar-refractivity contribution < 1.29 is 14.3 Å². The number of hydrogen-bond donors (Lipinski definition) is 2. The molecule has 6 nitrogen and oxygen atoms in total. The molecule has 0 bridgehead atoms. The van der Waals surface area contributed by atoms with E-state index in [0.717, 1.165) is 39.2 Å². The zero-order valence-electron chi connectivity index (χ0n) is 13.7. The molecule has 0 spiro atoms. The van der Waals surface area contributed by atoms with Crippen LogP contribution in [0, 0.1) is 5.92 Å². The fourth-order valence-electron chi connectivity index (χ4n) is 2.76. The van der Waals surface area contributed by atoms with Crippen LogP contribution in [0.3, 0.4) is 0 Å². The highest BCUT2D eigenvalue weighted by atomic mass is 16.5. The van der Waals surface area contributed by atoms with Crippen molar-refractivity contribution in [3.63, 3.8) is 0 Å². The van der Waals surface area contributed by atoms with E-state index < -0.39 is 0 Å². The maximum Gasteiger partial charge on any atom is 0.234 e. The molecule has 21 heavy (non-hydrogen) atoms. The second-order valence-corrected chi connectivity index (χ2v) is 5.86. The number of carbonyl (C=O) groups is 1. The highest BCUT2D eigenvalue weighted by molar-refractivity contribution is 5.78. The van der Waals surface area contributed by atoms with Crippen LogP contribution in [-0.2, 0) is 14.3 Å². The number of likely N-dealkylation sites (tertiary alicyclic amines) is 1. The molecule has 0 aromatic heterocycles. The SMILES string of the molecule is COCCNCC1CCCN(CC(=O)NC(C)COC)C1. The number of methoxy groups -OCH3 is 2. The van der Waals surface area contributed by atoms with Gasteiger partial charge in [-0.3, -0.25) is 9.69 Å². The quantitative estimate of drug-likeness (QED) is 0.560. The summed E-state index contributed by atoms with van der Waals surface area (Å²) in [7, 11) is 3.36. The minimum absolute atomic E-state index is 0.0683. The smallest absolute Gasteiger partial charge is 0.234 e. The lowest BCUT2D eigenvalue weighted by Gasteiger charge is -2.32. The summed E-state index contributed by atoms with van der Waals surface area (Å²) in [6.07, 6.45) is 2.40. The van der Waals surface area contributed by atoms with Gasteiger partial charge in [-0.2, -0.15) is 0 Å². The molecule has 1 rings (SSSR count). The van der Waals surface area contributed by atoms with Gasteiger partial charge in [-0.05, 0) is 38.8 Å². The van der Waals surface area contributed by atoms with Gasteiger partial charge in [0.15, 0.2) is 0 Å². The van der Waals surface area contributed by atoms with Gasteiger partial charge in [0.2, 0.25) is 5.91 Å². The van der Waals surface area contributed by atoms with E-state index in [4.69, 9.17) is 9.47 Å². The Morgan fingerprint density at radius 3 is 2.90 bits per heavy atom. The normalized spacial score (nSPS) is 21.2. The Morgan fingerprint density at radius 2 is 2.19 bits per heavy atom. The zero-order valence-corrected chi connectivity index (χ0v) is 13.7. The summed E-state index contributed by atoms with van der Waals surface area (Å²) < 4.78 is 10.1. The monoisotopic (exact) mass is 301 g/mol. The summed E-state index contributed by atoms with van der Waals surface area (Å²) in [5.41, 5.74) is 0. The average molecular weight is 301 g/mol. The highest BCUT2D eigenvalue weighted by Gasteiger charge is 2.21. The molecule has 124 valence electrons. The van der Waals surface area contributed by atoms with E-state index in [-0.39, 0.29) is 11.9 Å². The molecule has 0 saturated carbocycles. The molecule has 1 saturated heterocycles. The van der Waals surface area contributed by atoms with Crippen LogP contribution in [0.15, 0.2) is 0 Å². The lowest BCUT2D eigenvalue weighted by molar-refractivity contribution is -0.123. The molecule has 1 fully saturated rings. The van der Waals surface area contributed by atoms with Crippen LogP contribution in [0.2, 0.25) is 0 Å². The molecular formula is C15H31N3O3. The van der Waals surface area contributed by atoms with Crippen LogP contribution < -0.4 is 10.6 Å². The number of rotatable bonds is 10. The lowest BCUT2D eigenvalue weighted by atomic mass is 9.98. The van der Waals surface area contributed by atoms with Gasteiger partial charge in [0.25, 0.3) is 0 Å². The van der Waals surface area contributed by atoms with E-state index in [1.54, 1.807) is 14.2 Å². The molecule has 0 radical (unpaired) electrons. The minimum Gasteiger partial charge on any atom is -0.383 e. The molecule has 2 atom stereocenters. The fourth-order valence-corrected chi connectivity index (χ4v) is 2.76. The van der Waals surface area contributed by atoms with Crippen LogP contribution in [-0.4, -0.2) is 77.0 Å². The van der Waals surface area contributed by atoms with Gasteiger partial charge < -0.3 is 20.1 Å². The Balaban J connectivity index is 2.21. The Labute approximate surface area is 128 Å². The molecule has 0 aliphatic carbocycles. The molecular weight excluding hydrogens is 270 g/mol. The van der Waals surface area contributed by atoms with Crippen LogP contribution in [0.25, 0.3) is 0 Å². The molecule has 1 amide bonds. The number of amides is 1. The predicted octanol–water partition coefficient (Wildman–Crippen LogP) is 0.0855. The van der Waals surface area contributed by atoms with Crippen LogP contribution in [0.4, 0.5) is 0 Å². The van der Waals surface area contributed by atoms with Gasteiger partial charge in [0, 0.05) is 33.4 Å². The van der Waals surface area contributed by atoms with Crippen molar-refractivity contribution in [1.29, 1.82) is 0 Å². The molecule has 0 aromatic rings. The van der Waals surface area contributed by atoms with Crippen molar-refractivity contribution >= 4 is 5.91 Å². The lowest BCUT2D eigenvalue weighted by Crippen LogP contribution is -2.47. The summed E-state index contributed by atoms with van der Waals surface area (Å²) in [6.45, 7) is 7.65. The Morgan fingerprint density at radius 1 is 1.38 bits per heavy atom. The number of nitrogens with one attached hydrogen (secondary N) is 2. The van der Waals surface area contributed by atoms with Crippen molar-refractivity contribution in [2.24, 2.45) is 5.92 Å². The van der Waals surface area contributed by atoms with E-state index in [9.17, 15) is 4.79 Å². The molecule has 2 N–H and O–H groups in total. The molecule has 1 aliphatic heterocycles. The summed E-state index contributed by atoms with van der Waals surface area (Å²) in [5.74, 6) is 0.715. The summed E-state index contributed by atoms with van der Waals surface area (Å²) in [6, 6.07) is 0.0683. The Hall–Kier alpha value is -0.690. The second-order valence-electron chi connectivity index (χ2n) is 5.86. The van der Waals surface area contributed by atoms with E-state index in [1.165, 1.54) is 6.42 Å². The van der Waals surface area contributed by atoms with Crippen molar-refractivity contribution in [2.75, 3.05) is 60.2 Å². The number of hydrogen-bond acceptors (Lipinski definition) is 5. The molecule has 6 heteroatoms. The van der Waals surface area contributed by atoms with E-state index in [0.29, 0.717) is 19.1 Å². The van der Waals surface area contributed by atoms with Crippen molar-refractivity contribution in [3.05, 3.63) is 0 Å². The summed E-state index contributed by atoms with van der Waals surface area (Å²) in [5, 5.41) is 6.38. The van der Waals surface area contributed by atoms with Crippen LogP contribution >= 0.6 is 0 Å². The third-order valence-corrected chi connectivity index (χ3v) is 3.71. The fraction of sp³-hybridized carbons (Fsp3) is 0.933. The maximum atomic E-state index is 12.0. The van der Waals surface area contributed by atoms with Crippen LogP contribution in [0.1, 0.15) is 19.8 Å². The van der Waals surface area contributed by atoms with E-state index in [1.807, 2.05) is 6.92 Å². The van der Waals surface area contributed by atoms with Gasteiger partial charge in [0.1, 0.15) is 0 Å². The molecule has 1 heterocycles. The van der Waals surface area contributed by atoms with Gasteiger partial charge in [-0.15, -0.1) is 0 Å². The minimum atomic E-state index is 0.0683. The first-order chi connectivity index (χ1) is 10.2. The van der Waals surface area contributed by atoms with Gasteiger partial charge >= 0.3 is 0 Å². The van der Waals surface area contributed by atoms with E-state index in [2.05, 4.69) is 15.5 Å². The number of nitrogens with zero attached hydrogens (tertiary/aromatic N) is 1. The van der Waals surface area contributed by atoms with Crippen LogP contribution in [0.5, 0.6) is 0 Å². The van der Waals surface area contributed by atoms with Crippen molar-refractivity contribution in [2.45, 2.75) is 25.8 Å². The topological polar surface area (TPSA) is 62.8 Å². The Kier molecular flexibility index (Phi) is 9.58. The standard InChI is InChI=1S/C15H31N3O3/c1-13(12-21-3)17-15(19)11-18-7-4-5-14(10-18)9-16-6-8-20-2/h13-14,16H,4-12H2,1-3H3,(H,17,19). The third kappa shape index (κ3) is 8.36. The van der Waals surface area contributed by atoms with Gasteiger partial charge in [0.05, 0.1) is 19.8 Å². The number of piperidine rings is 1. The molecule has 0 aromatic carbocycles. The summed E-state index contributed by atoms with van der Waals surface area (Å²) in [4.78, 5) is 14.2. The number of ether oxygens (including phenoxy) is 2. The van der Waals surface area contributed by atoms with Crippen molar-refractivity contribution in [3.8, 4) is 0 Å². The zero-order chi connectivity index (χ0) is 15.5.